The van der Waals surface area contributed by atoms with E-state index in [0.717, 1.165) is 16.7 Å². The maximum absolute atomic E-state index is 13.4. The Bertz CT molecular complexity index is 1180. The summed E-state index contributed by atoms with van der Waals surface area (Å²) in [5.41, 5.74) is 4.41. The predicted molar refractivity (Wildman–Crippen MR) is 129 cm³/mol. The van der Waals surface area contributed by atoms with Crippen molar-refractivity contribution < 1.29 is 9.59 Å². The highest BCUT2D eigenvalue weighted by atomic mass is 16.2. The standard InChI is InChI=1S/C28H24N2O2/c1-20-11-10-16-23(19-20)29-27(31)24-17-8-9-18-25(24)30-28(32)26(21-12-4-2-5-13-21)22-14-6-3-7-15-22/h2-19,26H,1H3,(H,29,31)(H,30,32). The van der Waals surface area contributed by atoms with Gasteiger partial charge in [-0.1, -0.05) is 84.9 Å². The summed E-state index contributed by atoms with van der Waals surface area (Å²) in [6, 6.07) is 33.9. The van der Waals surface area contributed by atoms with Gasteiger partial charge in [0.1, 0.15) is 0 Å². The van der Waals surface area contributed by atoms with Crippen molar-refractivity contribution >= 4 is 23.2 Å². The van der Waals surface area contributed by atoms with Crippen LogP contribution >= 0.6 is 0 Å². The Labute approximate surface area is 187 Å². The van der Waals surface area contributed by atoms with Gasteiger partial charge in [0.25, 0.3) is 5.91 Å². The third-order valence-corrected chi connectivity index (χ3v) is 5.23. The summed E-state index contributed by atoms with van der Waals surface area (Å²) < 4.78 is 0. The van der Waals surface area contributed by atoms with Crippen molar-refractivity contribution in [2.75, 3.05) is 10.6 Å². The molecule has 0 aliphatic rings. The molecule has 0 bridgehead atoms. The van der Waals surface area contributed by atoms with Crippen molar-refractivity contribution in [3.05, 3.63) is 131 Å². The van der Waals surface area contributed by atoms with Crippen LogP contribution in [0.1, 0.15) is 33.0 Å². The van der Waals surface area contributed by atoms with E-state index in [2.05, 4.69) is 10.6 Å². The lowest BCUT2D eigenvalue weighted by Crippen LogP contribution is -2.24. The smallest absolute Gasteiger partial charge is 0.257 e. The van der Waals surface area contributed by atoms with Crippen LogP contribution in [0.25, 0.3) is 0 Å². The summed E-state index contributed by atoms with van der Waals surface area (Å²) in [6.07, 6.45) is 0. The number of benzene rings is 4. The number of carbonyl (C=O) groups excluding carboxylic acids is 2. The second kappa shape index (κ2) is 9.75. The van der Waals surface area contributed by atoms with Gasteiger partial charge in [0.05, 0.1) is 17.2 Å². The molecule has 4 rings (SSSR count). The number of carbonyl (C=O) groups is 2. The minimum atomic E-state index is -0.495. The molecule has 0 aliphatic carbocycles. The Kier molecular flexibility index (Phi) is 6.42. The van der Waals surface area contributed by atoms with Gasteiger partial charge in [-0.05, 0) is 47.9 Å². The first-order valence-corrected chi connectivity index (χ1v) is 10.5. The molecular formula is C28H24N2O2. The van der Waals surface area contributed by atoms with E-state index in [1.54, 1.807) is 24.3 Å². The van der Waals surface area contributed by atoms with Crippen LogP contribution < -0.4 is 10.6 Å². The first-order chi connectivity index (χ1) is 15.6. The Hall–Kier alpha value is -4.18. The molecule has 4 nitrogen and oxygen atoms in total. The van der Waals surface area contributed by atoms with Crippen molar-refractivity contribution in [1.29, 1.82) is 0 Å². The SMILES string of the molecule is Cc1cccc(NC(=O)c2ccccc2NC(=O)C(c2ccccc2)c2ccccc2)c1. The van der Waals surface area contributed by atoms with Gasteiger partial charge in [0.2, 0.25) is 5.91 Å². The fourth-order valence-electron chi connectivity index (χ4n) is 3.70. The summed E-state index contributed by atoms with van der Waals surface area (Å²) in [5.74, 6) is -0.967. The number of aryl methyl sites for hydroxylation is 1. The van der Waals surface area contributed by atoms with E-state index < -0.39 is 5.92 Å². The zero-order chi connectivity index (χ0) is 22.3. The molecule has 4 aromatic carbocycles. The van der Waals surface area contributed by atoms with Gasteiger partial charge in [-0.3, -0.25) is 9.59 Å². The zero-order valence-electron chi connectivity index (χ0n) is 17.8. The molecule has 0 saturated heterocycles. The molecule has 0 radical (unpaired) electrons. The van der Waals surface area contributed by atoms with E-state index >= 15 is 0 Å². The maximum Gasteiger partial charge on any atom is 0.257 e. The molecule has 0 spiro atoms. The largest absolute Gasteiger partial charge is 0.325 e. The van der Waals surface area contributed by atoms with Gasteiger partial charge in [-0.25, -0.2) is 0 Å². The number of hydrogen-bond acceptors (Lipinski definition) is 2. The lowest BCUT2D eigenvalue weighted by molar-refractivity contribution is -0.116. The van der Waals surface area contributed by atoms with Crippen LogP contribution in [0.2, 0.25) is 0 Å². The Morgan fingerprint density at radius 3 is 1.88 bits per heavy atom. The van der Waals surface area contributed by atoms with E-state index in [4.69, 9.17) is 0 Å². The maximum atomic E-state index is 13.4. The normalized spacial score (nSPS) is 10.6. The fourth-order valence-corrected chi connectivity index (χ4v) is 3.70. The lowest BCUT2D eigenvalue weighted by Gasteiger charge is -2.19. The van der Waals surface area contributed by atoms with Gasteiger partial charge in [-0.15, -0.1) is 0 Å². The van der Waals surface area contributed by atoms with Crippen molar-refractivity contribution in [2.24, 2.45) is 0 Å². The van der Waals surface area contributed by atoms with Gasteiger partial charge < -0.3 is 10.6 Å². The van der Waals surface area contributed by atoms with Gasteiger partial charge >= 0.3 is 0 Å². The summed E-state index contributed by atoms with van der Waals surface area (Å²) in [6.45, 7) is 1.97. The predicted octanol–water partition coefficient (Wildman–Crippen LogP) is 6.02. The second-order valence-electron chi connectivity index (χ2n) is 7.61. The molecule has 32 heavy (non-hydrogen) atoms. The molecule has 0 aromatic heterocycles. The number of para-hydroxylation sites is 1. The molecule has 0 atom stereocenters. The topological polar surface area (TPSA) is 58.2 Å². The average Bonchev–Trinajstić information content (AvgIpc) is 2.81. The first-order valence-electron chi connectivity index (χ1n) is 10.5. The molecule has 2 N–H and O–H groups in total. The molecule has 2 amide bonds. The van der Waals surface area contributed by atoms with Crippen LogP contribution in [-0.4, -0.2) is 11.8 Å². The molecule has 0 aliphatic heterocycles. The number of rotatable bonds is 6. The van der Waals surface area contributed by atoms with Crippen LogP contribution in [0.3, 0.4) is 0 Å². The summed E-state index contributed by atoms with van der Waals surface area (Å²) in [5, 5.41) is 5.90. The van der Waals surface area contributed by atoms with Crippen LogP contribution in [0.5, 0.6) is 0 Å². The van der Waals surface area contributed by atoms with Crippen molar-refractivity contribution in [2.45, 2.75) is 12.8 Å². The van der Waals surface area contributed by atoms with Gasteiger partial charge in [0.15, 0.2) is 0 Å². The van der Waals surface area contributed by atoms with Gasteiger partial charge in [-0.2, -0.15) is 0 Å². The van der Waals surface area contributed by atoms with E-state index in [1.165, 1.54) is 0 Å². The van der Waals surface area contributed by atoms with Crippen LogP contribution in [0.15, 0.2) is 109 Å². The number of amides is 2. The molecule has 0 saturated carbocycles. The van der Waals surface area contributed by atoms with Crippen LogP contribution in [0, 0.1) is 6.92 Å². The highest BCUT2D eigenvalue weighted by Crippen LogP contribution is 2.27. The van der Waals surface area contributed by atoms with Crippen LogP contribution in [0.4, 0.5) is 11.4 Å². The number of hydrogen-bond donors (Lipinski definition) is 2. The van der Waals surface area contributed by atoms with Gasteiger partial charge in [0, 0.05) is 5.69 Å². The third-order valence-electron chi connectivity index (χ3n) is 5.23. The zero-order valence-corrected chi connectivity index (χ0v) is 17.8. The molecule has 0 fully saturated rings. The van der Waals surface area contributed by atoms with E-state index in [9.17, 15) is 9.59 Å². The molecule has 158 valence electrons. The Balaban J connectivity index is 1.62. The molecule has 0 unspecified atom stereocenters. The minimum Gasteiger partial charge on any atom is -0.325 e. The minimum absolute atomic E-state index is 0.196. The highest BCUT2D eigenvalue weighted by Gasteiger charge is 2.24. The first kappa shape index (κ1) is 21.1. The molecule has 4 aromatic rings. The molecular weight excluding hydrogens is 396 g/mol. The monoisotopic (exact) mass is 420 g/mol. The molecule has 4 heteroatoms. The molecule has 0 heterocycles. The Morgan fingerprint density at radius 1 is 0.656 bits per heavy atom. The van der Waals surface area contributed by atoms with Crippen molar-refractivity contribution in [3.8, 4) is 0 Å². The van der Waals surface area contributed by atoms with E-state index in [1.807, 2.05) is 91.9 Å². The quantitative estimate of drug-likeness (QED) is 0.401. The number of nitrogens with one attached hydrogen (secondary N) is 2. The summed E-state index contributed by atoms with van der Waals surface area (Å²) >= 11 is 0. The number of anilines is 2. The van der Waals surface area contributed by atoms with E-state index in [0.29, 0.717) is 16.9 Å². The highest BCUT2D eigenvalue weighted by molar-refractivity contribution is 6.11. The summed E-state index contributed by atoms with van der Waals surface area (Å²) in [7, 11) is 0. The average molecular weight is 421 g/mol. The van der Waals surface area contributed by atoms with Crippen molar-refractivity contribution in [3.63, 3.8) is 0 Å². The third kappa shape index (κ3) is 4.93. The van der Waals surface area contributed by atoms with E-state index in [-0.39, 0.29) is 11.8 Å². The Morgan fingerprint density at radius 2 is 1.25 bits per heavy atom. The second-order valence-corrected chi connectivity index (χ2v) is 7.61. The fraction of sp³-hybridized carbons (Fsp3) is 0.0714. The van der Waals surface area contributed by atoms with Crippen LogP contribution in [-0.2, 0) is 4.79 Å². The van der Waals surface area contributed by atoms with Crippen molar-refractivity contribution in [1.82, 2.24) is 0 Å². The lowest BCUT2D eigenvalue weighted by atomic mass is 9.90. The summed E-state index contributed by atoms with van der Waals surface area (Å²) in [4.78, 5) is 26.4.